The van der Waals surface area contributed by atoms with Gasteiger partial charge in [0.1, 0.15) is 6.04 Å². The van der Waals surface area contributed by atoms with Gasteiger partial charge in [0.15, 0.2) is 0 Å². The Balaban J connectivity index is 2.04. The minimum absolute atomic E-state index is 0.0210. The van der Waals surface area contributed by atoms with E-state index in [2.05, 4.69) is 10.1 Å². The van der Waals surface area contributed by atoms with Gasteiger partial charge in [0, 0.05) is 0 Å². The molecule has 1 amide bonds. The van der Waals surface area contributed by atoms with Crippen molar-refractivity contribution in [1.29, 1.82) is 0 Å². The van der Waals surface area contributed by atoms with Crippen LogP contribution in [0.2, 0.25) is 0 Å². The molecule has 150 valence electrons. The number of rotatable bonds is 6. The summed E-state index contributed by atoms with van der Waals surface area (Å²) in [6.07, 6.45) is -0.0210. The maximum Gasteiger partial charge on any atom is 0.328 e. The number of methoxy groups -OCH3 is 2. The SMILES string of the molecule is COC(=O)C[C@H](C)[C@@H](NC(=O)c1c2ccccc2cc2ccccc12)C(=O)OC. The molecule has 0 heterocycles. The topological polar surface area (TPSA) is 81.7 Å². The monoisotopic (exact) mass is 393 g/mol. The van der Waals surface area contributed by atoms with Crippen LogP contribution in [0.1, 0.15) is 23.7 Å². The molecule has 0 fully saturated rings. The van der Waals surface area contributed by atoms with E-state index in [1.165, 1.54) is 14.2 Å². The van der Waals surface area contributed by atoms with Gasteiger partial charge in [-0.1, -0.05) is 55.5 Å². The lowest BCUT2D eigenvalue weighted by Crippen LogP contribution is -2.46. The molecule has 2 atom stereocenters. The molecule has 29 heavy (non-hydrogen) atoms. The van der Waals surface area contributed by atoms with E-state index in [-0.39, 0.29) is 6.42 Å². The highest BCUT2D eigenvalue weighted by Crippen LogP contribution is 2.28. The molecule has 6 heteroatoms. The van der Waals surface area contributed by atoms with Gasteiger partial charge in [0.25, 0.3) is 5.91 Å². The number of hydrogen-bond donors (Lipinski definition) is 1. The minimum atomic E-state index is -0.982. The third-order valence-electron chi connectivity index (χ3n) is 5.03. The van der Waals surface area contributed by atoms with E-state index < -0.39 is 29.8 Å². The highest BCUT2D eigenvalue weighted by atomic mass is 16.5. The van der Waals surface area contributed by atoms with Gasteiger partial charge in [0.2, 0.25) is 0 Å². The second kappa shape index (κ2) is 8.73. The molecule has 0 bridgehead atoms. The number of carbonyl (C=O) groups is 3. The quantitative estimate of drug-likeness (QED) is 0.512. The summed E-state index contributed by atoms with van der Waals surface area (Å²) < 4.78 is 9.54. The minimum Gasteiger partial charge on any atom is -0.469 e. The van der Waals surface area contributed by atoms with E-state index in [1.807, 2.05) is 54.6 Å². The van der Waals surface area contributed by atoms with E-state index in [0.717, 1.165) is 21.5 Å². The zero-order valence-electron chi connectivity index (χ0n) is 16.6. The molecule has 0 aromatic heterocycles. The molecular formula is C23H23NO5. The van der Waals surface area contributed by atoms with Crippen molar-refractivity contribution >= 4 is 39.4 Å². The predicted octanol–water partition coefficient (Wildman–Crippen LogP) is 3.46. The summed E-state index contributed by atoms with van der Waals surface area (Å²) >= 11 is 0. The first-order valence-electron chi connectivity index (χ1n) is 9.32. The fraction of sp³-hybridized carbons (Fsp3) is 0.261. The van der Waals surface area contributed by atoms with Gasteiger partial charge in [-0.3, -0.25) is 9.59 Å². The van der Waals surface area contributed by atoms with Crippen LogP contribution in [0.3, 0.4) is 0 Å². The molecule has 0 aliphatic heterocycles. The fourth-order valence-electron chi connectivity index (χ4n) is 3.50. The normalized spacial score (nSPS) is 12.9. The lowest BCUT2D eigenvalue weighted by Gasteiger charge is -2.23. The average molecular weight is 393 g/mol. The van der Waals surface area contributed by atoms with Gasteiger partial charge in [-0.25, -0.2) is 4.79 Å². The molecule has 1 N–H and O–H groups in total. The lowest BCUT2D eigenvalue weighted by molar-refractivity contribution is -0.146. The van der Waals surface area contributed by atoms with Crippen LogP contribution in [0.5, 0.6) is 0 Å². The molecule has 0 aliphatic rings. The molecule has 3 aromatic carbocycles. The standard InChI is InChI=1S/C23H23NO5/c1-14(12-19(25)28-2)21(23(27)29-3)24-22(26)20-17-10-6-4-8-15(17)13-16-9-5-7-11-18(16)20/h4-11,13-14,21H,12H2,1-3H3,(H,24,26)/t14-,21+/m0/s1. The lowest BCUT2D eigenvalue weighted by atomic mass is 9.94. The van der Waals surface area contributed by atoms with Crippen molar-refractivity contribution in [3.05, 3.63) is 60.2 Å². The van der Waals surface area contributed by atoms with Gasteiger partial charge < -0.3 is 14.8 Å². The predicted molar refractivity (Wildman–Crippen MR) is 111 cm³/mol. The third kappa shape index (κ3) is 4.21. The first-order valence-corrected chi connectivity index (χ1v) is 9.32. The molecule has 0 aliphatic carbocycles. The van der Waals surface area contributed by atoms with Crippen LogP contribution < -0.4 is 5.32 Å². The van der Waals surface area contributed by atoms with Crippen molar-refractivity contribution in [2.75, 3.05) is 14.2 Å². The van der Waals surface area contributed by atoms with Crippen molar-refractivity contribution in [3.8, 4) is 0 Å². The second-order valence-electron chi connectivity index (χ2n) is 6.93. The molecule has 0 saturated heterocycles. The van der Waals surface area contributed by atoms with E-state index in [0.29, 0.717) is 5.56 Å². The zero-order chi connectivity index (χ0) is 21.0. The third-order valence-corrected chi connectivity index (χ3v) is 5.03. The Morgan fingerprint density at radius 3 is 1.97 bits per heavy atom. The maximum atomic E-state index is 13.3. The number of benzene rings is 3. The van der Waals surface area contributed by atoms with Crippen molar-refractivity contribution in [2.24, 2.45) is 5.92 Å². The number of carbonyl (C=O) groups excluding carboxylic acids is 3. The van der Waals surface area contributed by atoms with Crippen LogP contribution in [-0.4, -0.2) is 38.1 Å². The number of hydrogen-bond acceptors (Lipinski definition) is 5. The Labute approximate surface area is 168 Å². The molecule has 0 radical (unpaired) electrons. The van der Waals surface area contributed by atoms with Crippen LogP contribution in [0.25, 0.3) is 21.5 Å². The highest BCUT2D eigenvalue weighted by Gasteiger charge is 2.30. The largest absolute Gasteiger partial charge is 0.469 e. The number of nitrogens with one attached hydrogen (secondary N) is 1. The smallest absolute Gasteiger partial charge is 0.328 e. The van der Waals surface area contributed by atoms with Crippen molar-refractivity contribution < 1.29 is 23.9 Å². The fourth-order valence-corrected chi connectivity index (χ4v) is 3.50. The van der Waals surface area contributed by atoms with E-state index >= 15 is 0 Å². The first-order chi connectivity index (χ1) is 14.0. The van der Waals surface area contributed by atoms with Gasteiger partial charge in [-0.15, -0.1) is 0 Å². The van der Waals surface area contributed by atoms with E-state index in [9.17, 15) is 14.4 Å². The molecule has 3 rings (SSSR count). The first kappa shape index (κ1) is 20.3. The summed E-state index contributed by atoms with van der Waals surface area (Å²) in [7, 11) is 2.53. The zero-order valence-corrected chi connectivity index (χ0v) is 16.6. The summed E-state index contributed by atoms with van der Waals surface area (Å²) in [5.41, 5.74) is 0.484. The van der Waals surface area contributed by atoms with E-state index in [1.54, 1.807) is 6.92 Å². The van der Waals surface area contributed by atoms with Crippen LogP contribution in [0.4, 0.5) is 0 Å². The number of ether oxygens (including phenoxy) is 2. The number of amides is 1. The number of esters is 2. The Bertz CT molecular complexity index is 1020. The van der Waals surface area contributed by atoms with Crippen molar-refractivity contribution in [3.63, 3.8) is 0 Å². The summed E-state index contributed by atoms with van der Waals surface area (Å²) in [6.45, 7) is 1.69. The Hall–Kier alpha value is -3.41. The Kier molecular flexibility index (Phi) is 6.12. The van der Waals surface area contributed by atoms with Gasteiger partial charge in [-0.2, -0.15) is 0 Å². The maximum absolute atomic E-state index is 13.3. The van der Waals surface area contributed by atoms with Gasteiger partial charge in [0.05, 0.1) is 26.2 Å². The van der Waals surface area contributed by atoms with Crippen molar-refractivity contribution in [1.82, 2.24) is 5.32 Å². The van der Waals surface area contributed by atoms with Gasteiger partial charge in [-0.05, 0) is 33.5 Å². The van der Waals surface area contributed by atoms with E-state index in [4.69, 9.17) is 4.74 Å². The summed E-state index contributed by atoms with van der Waals surface area (Å²) in [6, 6.07) is 16.2. The summed E-state index contributed by atoms with van der Waals surface area (Å²) in [5, 5.41) is 6.20. The van der Waals surface area contributed by atoms with Crippen LogP contribution >= 0.6 is 0 Å². The summed E-state index contributed by atoms with van der Waals surface area (Å²) in [5.74, 6) is -1.97. The molecule has 3 aromatic rings. The Morgan fingerprint density at radius 2 is 1.45 bits per heavy atom. The van der Waals surface area contributed by atoms with Gasteiger partial charge >= 0.3 is 11.9 Å². The molecular weight excluding hydrogens is 370 g/mol. The van der Waals surface area contributed by atoms with Crippen LogP contribution in [0, 0.1) is 5.92 Å². The molecule has 0 saturated carbocycles. The number of fused-ring (bicyclic) bond motifs is 2. The second-order valence-corrected chi connectivity index (χ2v) is 6.93. The highest BCUT2D eigenvalue weighted by molar-refractivity contribution is 6.18. The molecule has 0 unspecified atom stereocenters. The summed E-state index contributed by atoms with van der Waals surface area (Å²) in [4.78, 5) is 37.3. The van der Waals surface area contributed by atoms with Crippen LogP contribution in [-0.2, 0) is 19.1 Å². The van der Waals surface area contributed by atoms with Crippen LogP contribution in [0.15, 0.2) is 54.6 Å². The van der Waals surface area contributed by atoms with Crippen molar-refractivity contribution in [2.45, 2.75) is 19.4 Å². The Morgan fingerprint density at radius 1 is 0.897 bits per heavy atom. The average Bonchev–Trinajstić information content (AvgIpc) is 2.74. The molecule has 0 spiro atoms. The molecule has 6 nitrogen and oxygen atoms in total.